The van der Waals surface area contributed by atoms with Crippen molar-refractivity contribution < 1.29 is 9.90 Å². The molecule has 3 aromatic rings. The summed E-state index contributed by atoms with van der Waals surface area (Å²) >= 11 is 1.19. The van der Waals surface area contributed by atoms with Gasteiger partial charge in [-0.25, -0.2) is 9.78 Å². The van der Waals surface area contributed by atoms with E-state index < -0.39 is 17.1 Å². The first-order valence-corrected chi connectivity index (χ1v) is 6.01. The fraction of sp³-hybridized carbons (Fsp3) is 0. The molecule has 0 aliphatic carbocycles. The first kappa shape index (κ1) is 11.5. The van der Waals surface area contributed by atoms with Crippen molar-refractivity contribution in [3.63, 3.8) is 0 Å². The molecule has 7 nitrogen and oxygen atoms in total. The Hall–Kier alpha value is -2.61. The third kappa shape index (κ3) is 1.87. The zero-order valence-corrected chi connectivity index (χ0v) is 10.2. The third-order valence-corrected chi connectivity index (χ3v) is 3.40. The van der Waals surface area contributed by atoms with Crippen LogP contribution in [0, 0.1) is 0 Å². The van der Waals surface area contributed by atoms with Crippen molar-refractivity contribution in [3.05, 3.63) is 46.6 Å². The van der Waals surface area contributed by atoms with Crippen LogP contribution in [-0.4, -0.2) is 30.7 Å². The van der Waals surface area contributed by atoms with E-state index in [0.29, 0.717) is 9.97 Å². The maximum Gasteiger partial charge on any atom is 0.343 e. The lowest BCUT2D eigenvalue weighted by atomic mass is 10.3. The predicted octanol–water partition coefficient (Wildman–Crippen LogP) is 0.911. The highest BCUT2D eigenvalue weighted by atomic mass is 32.1. The van der Waals surface area contributed by atoms with Gasteiger partial charge in [-0.1, -0.05) is 11.3 Å². The molecule has 0 radical (unpaired) electrons. The summed E-state index contributed by atoms with van der Waals surface area (Å²) in [5.41, 5.74) is -0.348. The molecular formula is C11H6N4O3S. The number of rotatable bonds is 2. The van der Waals surface area contributed by atoms with Crippen LogP contribution in [0.5, 0.6) is 0 Å². The molecule has 0 aliphatic heterocycles. The van der Waals surface area contributed by atoms with Crippen LogP contribution in [0.1, 0.15) is 10.4 Å². The molecule has 3 heterocycles. The van der Waals surface area contributed by atoms with E-state index in [1.54, 1.807) is 24.5 Å². The van der Waals surface area contributed by atoms with Crippen molar-refractivity contribution in [3.8, 4) is 10.6 Å². The molecule has 0 unspecified atom stereocenters. The van der Waals surface area contributed by atoms with Crippen molar-refractivity contribution >= 4 is 22.3 Å². The highest BCUT2D eigenvalue weighted by Crippen LogP contribution is 2.22. The van der Waals surface area contributed by atoms with E-state index in [4.69, 9.17) is 5.11 Å². The molecule has 8 heteroatoms. The molecule has 0 saturated carbocycles. The summed E-state index contributed by atoms with van der Waals surface area (Å²) in [5, 5.41) is 13.5. The number of carbonyl (C=O) groups is 1. The fourth-order valence-corrected chi connectivity index (χ4v) is 2.39. The molecule has 0 fully saturated rings. The van der Waals surface area contributed by atoms with Crippen LogP contribution < -0.4 is 5.56 Å². The van der Waals surface area contributed by atoms with Gasteiger partial charge in [0.1, 0.15) is 10.6 Å². The highest BCUT2D eigenvalue weighted by molar-refractivity contribution is 7.19. The highest BCUT2D eigenvalue weighted by Gasteiger charge is 2.15. The number of pyridine rings is 1. The molecule has 0 aliphatic rings. The van der Waals surface area contributed by atoms with Gasteiger partial charge >= 0.3 is 5.97 Å². The number of carboxylic acids is 1. The first-order valence-electron chi connectivity index (χ1n) is 5.19. The zero-order chi connectivity index (χ0) is 13.4. The molecular weight excluding hydrogens is 268 g/mol. The smallest absolute Gasteiger partial charge is 0.343 e. The van der Waals surface area contributed by atoms with Gasteiger partial charge in [0.25, 0.3) is 5.56 Å². The topological polar surface area (TPSA) is 97.4 Å². The number of hydrogen-bond donors (Lipinski definition) is 1. The van der Waals surface area contributed by atoms with E-state index in [9.17, 15) is 9.59 Å². The predicted molar refractivity (Wildman–Crippen MR) is 67.3 cm³/mol. The maximum atomic E-state index is 11.9. The Kier molecular flexibility index (Phi) is 2.57. The summed E-state index contributed by atoms with van der Waals surface area (Å²) in [4.78, 5) is 31.0. The lowest BCUT2D eigenvalue weighted by Crippen LogP contribution is -2.22. The first-order chi connectivity index (χ1) is 9.16. The molecule has 0 bridgehead atoms. The summed E-state index contributed by atoms with van der Waals surface area (Å²) in [6.45, 7) is 0. The summed E-state index contributed by atoms with van der Waals surface area (Å²) in [6, 6.07) is 3.55. The van der Waals surface area contributed by atoms with Crippen molar-refractivity contribution in [2.45, 2.75) is 0 Å². The van der Waals surface area contributed by atoms with Gasteiger partial charge in [0.05, 0.1) is 6.20 Å². The van der Waals surface area contributed by atoms with Gasteiger partial charge in [-0.05, 0) is 12.1 Å². The average Bonchev–Trinajstić information content (AvgIpc) is 2.85. The van der Waals surface area contributed by atoms with E-state index in [0.717, 1.165) is 16.3 Å². The minimum absolute atomic E-state index is 0.342. The van der Waals surface area contributed by atoms with E-state index in [2.05, 4.69) is 15.1 Å². The SMILES string of the molecule is O=C(O)c1cnc2sc(-c3cccnc3)nn2c1=O. The molecule has 3 rings (SSSR count). The van der Waals surface area contributed by atoms with Gasteiger partial charge < -0.3 is 5.11 Å². The van der Waals surface area contributed by atoms with Crippen molar-refractivity contribution in [2.75, 3.05) is 0 Å². The van der Waals surface area contributed by atoms with E-state index in [-0.39, 0.29) is 0 Å². The minimum atomic E-state index is -1.32. The number of hydrogen-bond acceptors (Lipinski definition) is 6. The van der Waals surface area contributed by atoms with Crippen molar-refractivity contribution in [1.29, 1.82) is 0 Å². The Morgan fingerprint density at radius 1 is 1.37 bits per heavy atom. The maximum absolute atomic E-state index is 11.9. The molecule has 0 spiro atoms. The molecule has 0 atom stereocenters. The van der Waals surface area contributed by atoms with Gasteiger partial charge in [0, 0.05) is 18.0 Å². The molecule has 0 aromatic carbocycles. The summed E-state index contributed by atoms with van der Waals surface area (Å²) in [5.74, 6) is -1.32. The van der Waals surface area contributed by atoms with Crippen molar-refractivity contribution in [2.24, 2.45) is 0 Å². The van der Waals surface area contributed by atoms with Gasteiger partial charge in [0.2, 0.25) is 4.96 Å². The second-order valence-corrected chi connectivity index (χ2v) is 4.58. The largest absolute Gasteiger partial charge is 0.477 e. The van der Waals surface area contributed by atoms with Crippen LogP contribution in [0.25, 0.3) is 15.5 Å². The quantitative estimate of drug-likeness (QED) is 0.746. The molecule has 3 aromatic heterocycles. The number of nitrogens with zero attached hydrogens (tertiary/aromatic N) is 4. The Labute approximate surface area is 109 Å². The molecule has 0 amide bonds. The average molecular weight is 274 g/mol. The number of aromatic nitrogens is 4. The van der Waals surface area contributed by atoms with E-state index in [1.165, 1.54) is 11.3 Å². The lowest BCUT2D eigenvalue weighted by molar-refractivity contribution is 0.0694. The Morgan fingerprint density at radius 2 is 2.21 bits per heavy atom. The van der Waals surface area contributed by atoms with Gasteiger partial charge in [0.15, 0.2) is 0 Å². The van der Waals surface area contributed by atoms with Gasteiger partial charge in [-0.15, -0.1) is 0 Å². The van der Waals surface area contributed by atoms with Gasteiger partial charge in [-0.2, -0.15) is 9.61 Å². The van der Waals surface area contributed by atoms with Crippen LogP contribution in [0.2, 0.25) is 0 Å². The summed E-state index contributed by atoms with van der Waals surface area (Å²) in [6.07, 6.45) is 4.29. The van der Waals surface area contributed by atoms with Crippen LogP contribution in [0.15, 0.2) is 35.5 Å². The van der Waals surface area contributed by atoms with E-state index >= 15 is 0 Å². The Morgan fingerprint density at radius 3 is 2.89 bits per heavy atom. The molecule has 1 N–H and O–H groups in total. The number of carboxylic acid groups (broad SMARTS) is 1. The molecule has 0 saturated heterocycles. The zero-order valence-electron chi connectivity index (χ0n) is 9.35. The minimum Gasteiger partial charge on any atom is -0.477 e. The van der Waals surface area contributed by atoms with Crippen molar-refractivity contribution in [1.82, 2.24) is 19.6 Å². The van der Waals surface area contributed by atoms with Crippen LogP contribution in [0.3, 0.4) is 0 Å². The lowest BCUT2D eigenvalue weighted by Gasteiger charge is -1.92. The Bertz CT molecular complexity index is 825. The summed E-state index contributed by atoms with van der Waals surface area (Å²) < 4.78 is 0.996. The molecule has 94 valence electrons. The van der Waals surface area contributed by atoms with Crippen LogP contribution >= 0.6 is 11.3 Å². The molecule has 19 heavy (non-hydrogen) atoms. The second kappa shape index (κ2) is 4.25. The number of fused-ring (bicyclic) bond motifs is 1. The third-order valence-electron chi connectivity index (χ3n) is 2.43. The standard InChI is InChI=1S/C11H6N4O3S/c16-9-7(10(17)18)5-13-11-15(9)14-8(19-11)6-2-1-3-12-4-6/h1-5H,(H,17,18). The monoisotopic (exact) mass is 274 g/mol. The van der Waals surface area contributed by atoms with Crippen LogP contribution in [-0.2, 0) is 0 Å². The second-order valence-electron chi connectivity index (χ2n) is 3.63. The van der Waals surface area contributed by atoms with Crippen LogP contribution in [0.4, 0.5) is 0 Å². The fourth-order valence-electron chi connectivity index (χ4n) is 1.54. The normalized spacial score (nSPS) is 10.7. The van der Waals surface area contributed by atoms with E-state index in [1.807, 2.05) is 0 Å². The number of aromatic carboxylic acids is 1. The Balaban J connectivity index is 2.25. The summed E-state index contributed by atoms with van der Waals surface area (Å²) in [7, 11) is 0. The van der Waals surface area contributed by atoms with Gasteiger partial charge in [-0.3, -0.25) is 9.78 Å².